The predicted molar refractivity (Wildman–Crippen MR) is 71.8 cm³/mol. The normalized spacial score (nSPS) is 10.8. The van der Waals surface area contributed by atoms with Crippen LogP contribution in [0.4, 0.5) is 8.78 Å². The number of thioether (sulfide) groups is 1. The molecule has 0 fully saturated rings. The molecule has 0 bridgehead atoms. The Bertz CT molecular complexity index is 420. The number of carbonyl (C=O) groups is 1. The number of hydrogen-bond donors (Lipinski definition) is 1. The first-order valence-electron chi connectivity index (χ1n) is 5.58. The van der Waals surface area contributed by atoms with E-state index in [1.54, 1.807) is 24.3 Å². The van der Waals surface area contributed by atoms with E-state index in [1.807, 2.05) is 0 Å². The van der Waals surface area contributed by atoms with E-state index in [1.165, 1.54) is 11.8 Å². The maximum absolute atomic E-state index is 12.3. The summed E-state index contributed by atoms with van der Waals surface area (Å²) in [6, 6.07) is 7.00. The molecule has 0 aliphatic rings. The largest absolute Gasteiger partial charge is 0.395 e. The van der Waals surface area contributed by atoms with Gasteiger partial charge < -0.3 is 10.0 Å². The van der Waals surface area contributed by atoms with Crippen LogP contribution in [0.2, 0.25) is 5.02 Å². The number of halogens is 3. The van der Waals surface area contributed by atoms with Crippen molar-refractivity contribution in [1.82, 2.24) is 4.90 Å². The van der Waals surface area contributed by atoms with Crippen molar-refractivity contribution in [3.05, 3.63) is 29.3 Å². The fourth-order valence-corrected chi connectivity index (χ4v) is 2.54. The Labute approximate surface area is 119 Å². The molecule has 0 aliphatic heterocycles. The van der Waals surface area contributed by atoms with E-state index in [4.69, 9.17) is 16.7 Å². The average Bonchev–Trinajstić information content (AvgIpc) is 2.36. The molecule has 1 aromatic carbocycles. The molecule has 0 saturated carbocycles. The van der Waals surface area contributed by atoms with Gasteiger partial charge in [-0.1, -0.05) is 23.7 Å². The molecule has 0 heterocycles. The van der Waals surface area contributed by atoms with Gasteiger partial charge in [-0.2, -0.15) is 0 Å². The van der Waals surface area contributed by atoms with Gasteiger partial charge >= 0.3 is 0 Å². The Hall–Kier alpha value is -0.850. The minimum absolute atomic E-state index is 0.0104. The van der Waals surface area contributed by atoms with Crippen LogP contribution in [0, 0.1) is 0 Å². The van der Waals surface area contributed by atoms with E-state index in [2.05, 4.69) is 0 Å². The van der Waals surface area contributed by atoms with Gasteiger partial charge in [0.2, 0.25) is 5.91 Å². The third-order valence-electron chi connectivity index (χ3n) is 2.27. The zero-order valence-electron chi connectivity index (χ0n) is 10.1. The molecule has 3 nitrogen and oxygen atoms in total. The van der Waals surface area contributed by atoms with E-state index in [-0.39, 0.29) is 18.9 Å². The first-order chi connectivity index (χ1) is 9.04. The van der Waals surface area contributed by atoms with Gasteiger partial charge in [-0.25, -0.2) is 8.78 Å². The topological polar surface area (TPSA) is 40.5 Å². The highest BCUT2D eigenvalue weighted by Crippen LogP contribution is 2.26. The molecule has 0 aliphatic carbocycles. The summed E-state index contributed by atoms with van der Waals surface area (Å²) in [7, 11) is 0. The third-order valence-corrected chi connectivity index (χ3v) is 3.77. The van der Waals surface area contributed by atoms with Gasteiger partial charge in [-0.3, -0.25) is 4.79 Å². The maximum Gasteiger partial charge on any atom is 0.255 e. The highest BCUT2D eigenvalue weighted by atomic mass is 35.5. The number of carbonyl (C=O) groups excluding carboxylic acids is 1. The van der Waals surface area contributed by atoms with Crippen LogP contribution in [-0.4, -0.2) is 47.8 Å². The molecule has 0 aromatic heterocycles. The molecule has 7 heteroatoms. The fourth-order valence-electron chi connectivity index (χ4n) is 1.40. The molecule has 0 spiro atoms. The average molecular weight is 310 g/mol. The van der Waals surface area contributed by atoms with Crippen molar-refractivity contribution in [3.8, 4) is 0 Å². The monoisotopic (exact) mass is 309 g/mol. The lowest BCUT2D eigenvalue weighted by Crippen LogP contribution is -2.38. The number of alkyl halides is 2. The van der Waals surface area contributed by atoms with Crippen molar-refractivity contribution in [2.45, 2.75) is 11.3 Å². The molecule has 106 valence electrons. The summed E-state index contributed by atoms with van der Waals surface area (Å²) in [4.78, 5) is 13.4. The highest BCUT2D eigenvalue weighted by molar-refractivity contribution is 8.00. The third kappa shape index (κ3) is 5.76. The van der Waals surface area contributed by atoms with Crippen molar-refractivity contribution in [2.24, 2.45) is 0 Å². The molecule has 1 aromatic rings. The number of amides is 1. The molecule has 0 atom stereocenters. The first-order valence-corrected chi connectivity index (χ1v) is 6.95. The van der Waals surface area contributed by atoms with Gasteiger partial charge in [0.25, 0.3) is 6.43 Å². The van der Waals surface area contributed by atoms with Crippen molar-refractivity contribution in [1.29, 1.82) is 0 Å². The summed E-state index contributed by atoms with van der Waals surface area (Å²) in [5.41, 5.74) is 0. The summed E-state index contributed by atoms with van der Waals surface area (Å²) in [6.07, 6.45) is -2.61. The van der Waals surface area contributed by atoms with Crippen LogP contribution in [-0.2, 0) is 4.79 Å². The molecule has 0 unspecified atom stereocenters. The van der Waals surface area contributed by atoms with Crippen molar-refractivity contribution >= 4 is 29.3 Å². The molecule has 19 heavy (non-hydrogen) atoms. The van der Waals surface area contributed by atoms with Gasteiger partial charge in [0, 0.05) is 11.4 Å². The van der Waals surface area contributed by atoms with E-state index in [9.17, 15) is 13.6 Å². The Kier molecular flexibility index (Phi) is 7.12. The van der Waals surface area contributed by atoms with Crippen LogP contribution < -0.4 is 0 Å². The van der Waals surface area contributed by atoms with Crippen LogP contribution in [0.5, 0.6) is 0 Å². The molecule has 1 N–H and O–H groups in total. The smallest absolute Gasteiger partial charge is 0.255 e. The molecule has 1 rings (SSSR count). The second-order valence-electron chi connectivity index (χ2n) is 3.67. The summed E-state index contributed by atoms with van der Waals surface area (Å²) < 4.78 is 24.6. The lowest BCUT2D eigenvalue weighted by Gasteiger charge is -2.21. The minimum Gasteiger partial charge on any atom is -0.395 e. The fraction of sp³-hybridized carbons (Fsp3) is 0.417. The van der Waals surface area contributed by atoms with Gasteiger partial charge in [-0.15, -0.1) is 11.8 Å². The molecule has 1 amide bonds. The van der Waals surface area contributed by atoms with Crippen LogP contribution in [0.3, 0.4) is 0 Å². The molecular formula is C12H14ClF2NO2S. The predicted octanol–water partition coefficient (Wildman–Crippen LogP) is 2.52. The Morgan fingerprint density at radius 3 is 2.68 bits per heavy atom. The van der Waals surface area contributed by atoms with Crippen LogP contribution in [0.25, 0.3) is 0 Å². The van der Waals surface area contributed by atoms with Crippen LogP contribution in [0.15, 0.2) is 29.2 Å². The lowest BCUT2D eigenvalue weighted by atomic mass is 10.4. The zero-order chi connectivity index (χ0) is 14.3. The maximum atomic E-state index is 12.3. The SMILES string of the molecule is O=C(CSc1ccccc1Cl)N(CCO)CC(F)F. The van der Waals surface area contributed by atoms with E-state index in [0.717, 1.165) is 9.80 Å². The van der Waals surface area contributed by atoms with Crippen LogP contribution in [0.1, 0.15) is 0 Å². The van der Waals surface area contributed by atoms with E-state index in [0.29, 0.717) is 5.02 Å². The van der Waals surface area contributed by atoms with Gasteiger partial charge in [0.15, 0.2) is 0 Å². The summed E-state index contributed by atoms with van der Waals surface area (Å²) in [5, 5.41) is 9.28. The summed E-state index contributed by atoms with van der Waals surface area (Å²) in [6.45, 7) is -1.09. The number of aliphatic hydroxyl groups excluding tert-OH is 1. The van der Waals surface area contributed by atoms with Gasteiger partial charge in [0.05, 0.1) is 23.9 Å². The number of hydrogen-bond acceptors (Lipinski definition) is 3. The highest BCUT2D eigenvalue weighted by Gasteiger charge is 2.18. The summed E-state index contributed by atoms with van der Waals surface area (Å²) in [5.74, 6) is -0.435. The van der Waals surface area contributed by atoms with Crippen LogP contribution >= 0.6 is 23.4 Å². The van der Waals surface area contributed by atoms with E-state index >= 15 is 0 Å². The quantitative estimate of drug-likeness (QED) is 0.787. The van der Waals surface area contributed by atoms with E-state index < -0.39 is 18.9 Å². The van der Waals surface area contributed by atoms with Crippen molar-refractivity contribution in [3.63, 3.8) is 0 Å². The molecule has 0 radical (unpaired) electrons. The number of aliphatic hydroxyl groups is 1. The number of rotatable bonds is 7. The second kappa shape index (κ2) is 8.35. The number of nitrogens with zero attached hydrogens (tertiary/aromatic N) is 1. The standard InChI is InChI=1S/C12H14ClF2NO2S/c13-9-3-1-2-4-10(9)19-8-12(18)16(5-6-17)7-11(14)15/h1-4,11,17H,5-8H2. The second-order valence-corrected chi connectivity index (χ2v) is 5.10. The van der Waals surface area contributed by atoms with Crippen molar-refractivity contribution < 1.29 is 18.7 Å². The minimum atomic E-state index is -2.61. The molecular weight excluding hydrogens is 296 g/mol. The number of benzene rings is 1. The Balaban J connectivity index is 2.55. The molecule has 0 saturated heterocycles. The Morgan fingerprint density at radius 1 is 1.42 bits per heavy atom. The van der Waals surface area contributed by atoms with Gasteiger partial charge in [-0.05, 0) is 12.1 Å². The Morgan fingerprint density at radius 2 is 2.11 bits per heavy atom. The van der Waals surface area contributed by atoms with Crippen molar-refractivity contribution in [2.75, 3.05) is 25.4 Å². The summed E-state index contributed by atoms with van der Waals surface area (Å²) >= 11 is 7.11. The lowest BCUT2D eigenvalue weighted by molar-refractivity contribution is -0.130. The van der Waals surface area contributed by atoms with Gasteiger partial charge in [0.1, 0.15) is 0 Å². The zero-order valence-corrected chi connectivity index (χ0v) is 11.6. The first kappa shape index (κ1) is 16.2.